The predicted molar refractivity (Wildman–Crippen MR) is 112 cm³/mol. The van der Waals surface area contributed by atoms with Crippen LogP contribution in [0.4, 0.5) is 4.39 Å². The number of nitrogens with zero attached hydrogens (tertiary/aromatic N) is 2. The Morgan fingerprint density at radius 1 is 1.33 bits per heavy atom. The fraction of sp³-hybridized carbons (Fsp3) is 0.474. The van der Waals surface area contributed by atoms with Crippen LogP contribution >= 0.6 is 36.2 Å². The molecule has 0 aliphatic carbocycles. The van der Waals surface area contributed by atoms with E-state index in [1.54, 1.807) is 23.5 Å². The molecular weight excluding hydrogens is 408 g/mol. The zero-order valence-corrected chi connectivity index (χ0v) is 17.7. The summed E-state index contributed by atoms with van der Waals surface area (Å²) in [4.78, 5) is 19.1. The summed E-state index contributed by atoms with van der Waals surface area (Å²) in [6, 6.07) is 6.59. The lowest BCUT2D eigenvalue weighted by atomic mass is 9.92. The molecule has 2 heterocycles. The largest absolute Gasteiger partial charge is 0.338 e. The van der Waals surface area contributed by atoms with Gasteiger partial charge in [-0.2, -0.15) is 0 Å². The van der Waals surface area contributed by atoms with Crippen molar-refractivity contribution in [1.29, 1.82) is 0 Å². The number of rotatable bonds is 5. The lowest BCUT2D eigenvalue weighted by Gasteiger charge is -2.38. The van der Waals surface area contributed by atoms with Crippen LogP contribution < -0.4 is 5.73 Å². The molecule has 27 heavy (non-hydrogen) atoms. The Morgan fingerprint density at radius 3 is 2.70 bits per heavy atom. The third-order valence-electron chi connectivity index (χ3n) is 4.77. The van der Waals surface area contributed by atoms with Crippen molar-refractivity contribution in [3.63, 3.8) is 0 Å². The highest BCUT2D eigenvalue weighted by molar-refractivity contribution is 7.09. The summed E-state index contributed by atoms with van der Waals surface area (Å²) < 4.78 is 13.0. The van der Waals surface area contributed by atoms with Crippen molar-refractivity contribution in [3.05, 3.63) is 51.7 Å². The number of benzene rings is 1. The van der Waals surface area contributed by atoms with Gasteiger partial charge in [0.05, 0.1) is 17.1 Å². The van der Waals surface area contributed by atoms with Crippen molar-refractivity contribution in [2.24, 2.45) is 11.7 Å². The molecule has 0 bridgehead atoms. The summed E-state index contributed by atoms with van der Waals surface area (Å²) in [6.45, 7) is 3.52. The Bertz CT molecular complexity index is 726. The number of amides is 1. The average molecular weight is 434 g/mol. The van der Waals surface area contributed by atoms with Gasteiger partial charge in [-0.05, 0) is 36.5 Å². The highest BCUT2D eigenvalue weighted by Gasteiger charge is 2.29. The molecule has 2 atom stereocenters. The minimum Gasteiger partial charge on any atom is -0.338 e. The van der Waals surface area contributed by atoms with Crippen LogP contribution in [-0.2, 0) is 17.6 Å². The molecule has 1 aliphatic heterocycles. The van der Waals surface area contributed by atoms with Gasteiger partial charge in [-0.15, -0.1) is 36.2 Å². The summed E-state index contributed by atoms with van der Waals surface area (Å²) >= 11 is 1.54. The molecule has 2 unspecified atom stereocenters. The maximum Gasteiger partial charge on any atom is 0.228 e. The fourth-order valence-electron chi connectivity index (χ4n) is 3.35. The molecule has 2 aromatic rings. The minimum atomic E-state index is -0.237. The summed E-state index contributed by atoms with van der Waals surface area (Å²) in [5.41, 5.74) is 7.68. The number of nitrogens with two attached hydrogens (primary N) is 1. The summed E-state index contributed by atoms with van der Waals surface area (Å²) in [7, 11) is 0. The standard InChI is InChI=1S/C19H24FN3OS.2ClH/c1-13-6-7-23(17(8-13)11-21)19(24)10-16-12-25-18(22-16)9-14-2-4-15(20)5-3-14;;/h2-5,12-13,17H,6-11,21H2,1H3;2*1H. The van der Waals surface area contributed by atoms with Crippen molar-refractivity contribution < 1.29 is 9.18 Å². The first kappa shape index (κ1) is 23.8. The van der Waals surface area contributed by atoms with E-state index in [0.29, 0.717) is 25.3 Å². The number of piperidine rings is 1. The van der Waals surface area contributed by atoms with E-state index in [9.17, 15) is 9.18 Å². The second kappa shape index (κ2) is 11.0. The van der Waals surface area contributed by atoms with Gasteiger partial charge in [-0.1, -0.05) is 19.1 Å². The maximum atomic E-state index is 13.0. The van der Waals surface area contributed by atoms with Crippen molar-refractivity contribution in [2.75, 3.05) is 13.1 Å². The normalized spacial score (nSPS) is 19.1. The molecule has 150 valence electrons. The Kier molecular flexibility index (Phi) is 9.67. The van der Waals surface area contributed by atoms with Gasteiger partial charge < -0.3 is 10.6 Å². The average Bonchev–Trinajstić information content (AvgIpc) is 3.03. The van der Waals surface area contributed by atoms with Gasteiger partial charge in [0.25, 0.3) is 0 Å². The number of thiazole rings is 1. The lowest BCUT2D eigenvalue weighted by Crippen LogP contribution is -2.49. The van der Waals surface area contributed by atoms with Crippen molar-refractivity contribution in [3.8, 4) is 0 Å². The molecule has 2 N–H and O–H groups in total. The van der Waals surface area contributed by atoms with E-state index < -0.39 is 0 Å². The van der Waals surface area contributed by atoms with Gasteiger partial charge >= 0.3 is 0 Å². The van der Waals surface area contributed by atoms with Crippen LogP contribution in [0, 0.1) is 11.7 Å². The molecule has 0 saturated carbocycles. The lowest BCUT2D eigenvalue weighted by molar-refractivity contribution is -0.134. The van der Waals surface area contributed by atoms with E-state index >= 15 is 0 Å². The van der Waals surface area contributed by atoms with Crippen LogP contribution in [0.5, 0.6) is 0 Å². The van der Waals surface area contributed by atoms with E-state index in [1.165, 1.54) is 12.1 Å². The summed E-state index contributed by atoms with van der Waals surface area (Å²) in [6.07, 6.45) is 3.00. The van der Waals surface area contributed by atoms with E-state index in [-0.39, 0.29) is 42.6 Å². The molecule has 1 aromatic heterocycles. The molecule has 4 nitrogen and oxygen atoms in total. The van der Waals surface area contributed by atoms with Crippen LogP contribution in [0.25, 0.3) is 0 Å². The maximum absolute atomic E-state index is 13.0. The second-order valence-corrected chi connectivity index (χ2v) is 7.76. The Hall–Kier alpha value is -1.21. The van der Waals surface area contributed by atoms with Crippen molar-refractivity contribution in [1.82, 2.24) is 9.88 Å². The SMILES string of the molecule is CC1CCN(C(=O)Cc2csc(Cc3ccc(F)cc3)n2)C(CN)C1.Cl.Cl. The number of hydrogen-bond donors (Lipinski definition) is 1. The van der Waals surface area contributed by atoms with Crippen LogP contribution in [0.15, 0.2) is 29.6 Å². The number of carbonyl (C=O) groups excluding carboxylic acids is 1. The summed E-state index contributed by atoms with van der Waals surface area (Å²) in [5, 5.41) is 2.89. The van der Waals surface area contributed by atoms with Crippen LogP contribution in [0.1, 0.15) is 36.0 Å². The zero-order valence-electron chi connectivity index (χ0n) is 15.3. The van der Waals surface area contributed by atoms with Crippen LogP contribution in [0.2, 0.25) is 0 Å². The van der Waals surface area contributed by atoms with Crippen LogP contribution in [0.3, 0.4) is 0 Å². The van der Waals surface area contributed by atoms with E-state index in [0.717, 1.165) is 35.7 Å². The van der Waals surface area contributed by atoms with Gasteiger partial charge in [0.1, 0.15) is 5.82 Å². The number of halogens is 3. The molecule has 1 fully saturated rings. The quantitative estimate of drug-likeness (QED) is 0.778. The molecular formula is C19H26Cl2FN3OS. The third-order valence-corrected chi connectivity index (χ3v) is 5.67. The first-order valence-corrected chi connectivity index (χ1v) is 9.60. The first-order chi connectivity index (χ1) is 12.0. The first-order valence-electron chi connectivity index (χ1n) is 8.72. The Labute approximate surface area is 176 Å². The molecule has 3 rings (SSSR count). The zero-order chi connectivity index (χ0) is 17.8. The van der Waals surface area contributed by atoms with Crippen molar-refractivity contribution in [2.45, 2.75) is 38.6 Å². The highest BCUT2D eigenvalue weighted by atomic mass is 35.5. The number of aromatic nitrogens is 1. The van der Waals surface area contributed by atoms with Gasteiger partial charge in [-0.25, -0.2) is 9.37 Å². The molecule has 0 spiro atoms. The molecule has 8 heteroatoms. The van der Waals surface area contributed by atoms with Gasteiger partial charge in [0.2, 0.25) is 5.91 Å². The van der Waals surface area contributed by atoms with Gasteiger partial charge in [0, 0.05) is 30.9 Å². The van der Waals surface area contributed by atoms with Crippen molar-refractivity contribution >= 4 is 42.1 Å². The summed E-state index contributed by atoms with van der Waals surface area (Å²) in [5.74, 6) is 0.500. The molecule has 1 saturated heterocycles. The molecule has 1 aliphatic rings. The van der Waals surface area contributed by atoms with E-state index in [2.05, 4.69) is 11.9 Å². The Morgan fingerprint density at radius 2 is 2.04 bits per heavy atom. The molecule has 0 radical (unpaired) electrons. The van der Waals surface area contributed by atoms with Gasteiger partial charge in [-0.3, -0.25) is 4.79 Å². The van der Waals surface area contributed by atoms with Crippen LogP contribution in [-0.4, -0.2) is 34.9 Å². The number of likely N-dealkylation sites (tertiary alicyclic amines) is 1. The minimum absolute atomic E-state index is 0. The molecule has 1 amide bonds. The topological polar surface area (TPSA) is 59.2 Å². The molecule has 1 aromatic carbocycles. The predicted octanol–water partition coefficient (Wildman–Crippen LogP) is 3.84. The smallest absolute Gasteiger partial charge is 0.228 e. The van der Waals surface area contributed by atoms with Gasteiger partial charge in [0.15, 0.2) is 0 Å². The number of carbonyl (C=O) groups is 1. The van der Waals surface area contributed by atoms with E-state index in [4.69, 9.17) is 5.73 Å². The third kappa shape index (κ3) is 6.42. The second-order valence-electron chi connectivity index (χ2n) is 6.82. The Balaban J connectivity index is 0.00000182. The monoisotopic (exact) mass is 433 g/mol. The highest BCUT2D eigenvalue weighted by Crippen LogP contribution is 2.23. The fourth-order valence-corrected chi connectivity index (χ4v) is 4.18. The van der Waals surface area contributed by atoms with E-state index in [1.807, 2.05) is 10.3 Å². The number of hydrogen-bond acceptors (Lipinski definition) is 4.